The van der Waals surface area contributed by atoms with Crippen LogP contribution in [0.15, 0.2) is 41.2 Å². The van der Waals surface area contributed by atoms with Crippen LogP contribution in [0.4, 0.5) is 0 Å². The van der Waals surface area contributed by atoms with Crippen molar-refractivity contribution in [2.75, 3.05) is 6.54 Å². The minimum absolute atomic E-state index is 0.0550. The molecule has 0 saturated carbocycles. The number of amides is 1. The van der Waals surface area contributed by atoms with E-state index in [1.165, 1.54) is 0 Å². The van der Waals surface area contributed by atoms with E-state index >= 15 is 0 Å². The Morgan fingerprint density at radius 2 is 2.19 bits per heavy atom. The summed E-state index contributed by atoms with van der Waals surface area (Å²) >= 11 is 0. The van der Waals surface area contributed by atoms with E-state index in [1.807, 2.05) is 43.3 Å². The molecular weight excluding hydrogens is 330 g/mol. The van der Waals surface area contributed by atoms with Gasteiger partial charge in [0.1, 0.15) is 5.69 Å². The van der Waals surface area contributed by atoms with Crippen LogP contribution in [0.25, 0.3) is 11.3 Å². The third-order valence-electron chi connectivity index (χ3n) is 4.71. The third-order valence-corrected chi connectivity index (χ3v) is 4.71. The highest BCUT2D eigenvalue weighted by Gasteiger charge is 2.33. The standard InChI is InChI=1S/C19H21N5O2/c1-13-11-17(26-22-13)14-12-23(2)21-18(14)16-8-4-6-10-24(16)19(25)15-7-3-5-9-20-15/h3,5,7,9,11-12,16H,4,6,8,10H2,1-2H3. The smallest absolute Gasteiger partial charge is 0.273 e. The number of aromatic nitrogens is 4. The molecule has 3 aromatic rings. The minimum atomic E-state index is -0.0973. The lowest BCUT2D eigenvalue weighted by molar-refractivity contribution is 0.0599. The summed E-state index contributed by atoms with van der Waals surface area (Å²) in [5, 5.41) is 8.65. The van der Waals surface area contributed by atoms with Crippen molar-refractivity contribution in [3.63, 3.8) is 0 Å². The number of aryl methyl sites for hydroxylation is 2. The van der Waals surface area contributed by atoms with Crippen LogP contribution in [0.2, 0.25) is 0 Å². The van der Waals surface area contributed by atoms with Crippen LogP contribution in [0.3, 0.4) is 0 Å². The van der Waals surface area contributed by atoms with Crippen LogP contribution in [0.1, 0.15) is 47.2 Å². The highest BCUT2D eigenvalue weighted by molar-refractivity contribution is 5.92. The van der Waals surface area contributed by atoms with E-state index in [0.717, 1.165) is 36.2 Å². The van der Waals surface area contributed by atoms with E-state index in [1.54, 1.807) is 16.9 Å². The molecule has 0 spiro atoms. The lowest BCUT2D eigenvalue weighted by Gasteiger charge is -2.35. The molecule has 4 rings (SSSR count). The Labute approximate surface area is 151 Å². The zero-order valence-corrected chi connectivity index (χ0v) is 14.9. The van der Waals surface area contributed by atoms with Crippen molar-refractivity contribution in [3.05, 3.63) is 53.7 Å². The molecule has 1 saturated heterocycles. The third kappa shape index (κ3) is 3.00. The number of carbonyl (C=O) groups excluding carboxylic acids is 1. The van der Waals surface area contributed by atoms with Crippen molar-refractivity contribution in [2.45, 2.75) is 32.2 Å². The molecule has 1 amide bonds. The predicted molar refractivity (Wildman–Crippen MR) is 95.3 cm³/mol. The van der Waals surface area contributed by atoms with Crippen LogP contribution in [-0.2, 0) is 7.05 Å². The molecular formula is C19H21N5O2. The van der Waals surface area contributed by atoms with Gasteiger partial charge in [-0.3, -0.25) is 14.5 Å². The van der Waals surface area contributed by atoms with Gasteiger partial charge in [0.05, 0.1) is 23.0 Å². The first-order chi connectivity index (χ1) is 12.6. The fraction of sp³-hybridized carbons (Fsp3) is 0.368. The van der Waals surface area contributed by atoms with Gasteiger partial charge in [-0.2, -0.15) is 5.10 Å². The predicted octanol–water partition coefficient (Wildman–Crippen LogP) is 3.15. The summed E-state index contributed by atoms with van der Waals surface area (Å²) in [4.78, 5) is 19.2. The molecule has 7 nitrogen and oxygen atoms in total. The van der Waals surface area contributed by atoms with E-state index in [9.17, 15) is 4.79 Å². The summed E-state index contributed by atoms with van der Waals surface area (Å²) in [5.41, 5.74) is 3.03. The second-order valence-corrected chi connectivity index (χ2v) is 6.66. The summed E-state index contributed by atoms with van der Waals surface area (Å²) in [6.45, 7) is 2.59. The van der Waals surface area contributed by atoms with Crippen LogP contribution >= 0.6 is 0 Å². The maximum absolute atomic E-state index is 13.0. The van der Waals surface area contributed by atoms with Gasteiger partial charge in [-0.05, 0) is 38.3 Å². The molecule has 7 heteroatoms. The molecule has 3 aromatic heterocycles. The Kier molecular flexibility index (Phi) is 4.28. The maximum Gasteiger partial charge on any atom is 0.273 e. The molecule has 4 heterocycles. The Morgan fingerprint density at radius 3 is 2.92 bits per heavy atom. The minimum Gasteiger partial charge on any atom is -0.356 e. The molecule has 1 aliphatic rings. The number of hydrogen-bond acceptors (Lipinski definition) is 5. The number of carbonyl (C=O) groups is 1. The normalized spacial score (nSPS) is 17.5. The molecule has 1 atom stereocenters. The van der Waals surface area contributed by atoms with Crippen LogP contribution < -0.4 is 0 Å². The zero-order chi connectivity index (χ0) is 18.1. The van der Waals surface area contributed by atoms with Gasteiger partial charge >= 0.3 is 0 Å². The topological polar surface area (TPSA) is 77.0 Å². The average molecular weight is 351 g/mol. The number of likely N-dealkylation sites (tertiary alicyclic amines) is 1. The molecule has 0 N–H and O–H groups in total. The van der Waals surface area contributed by atoms with Crippen LogP contribution in [0.5, 0.6) is 0 Å². The van der Waals surface area contributed by atoms with Gasteiger partial charge in [-0.25, -0.2) is 0 Å². The Hall–Kier alpha value is -2.96. The fourth-order valence-corrected chi connectivity index (χ4v) is 3.53. The first-order valence-corrected chi connectivity index (χ1v) is 8.82. The van der Waals surface area contributed by atoms with Gasteiger partial charge in [0, 0.05) is 32.1 Å². The summed E-state index contributed by atoms with van der Waals surface area (Å²) < 4.78 is 7.22. The molecule has 0 aliphatic carbocycles. The lowest BCUT2D eigenvalue weighted by Crippen LogP contribution is -2.39. The first-order valence-electron chi connectivity index (χ1n) is 8.82. The van der Waals surface area contributed by atoms with Crippen molar-refractivity contribution < 1.29 is 9.32 Å². The average Bonchev–Trinajstić information content (AvgIpc) is 3.27. The van der Waals surface area contributed by atoms with Crippen molar-refractivity contribution in [3.8, 4) is 11.3 Å². The first kappa shape index (κ1) is 16.5. The molecule has 1 aliphatic heterocycles. The number of pyridine rings is 1. The zero-order valence-electron chi connectivity index (χ0n) is 14.9. The van der Waals surface area contributed by atoms with E-state index in [-0.39, 0.29) is 11.9 Å². The quantitative estimate of drug-likeness (QED) is 0.724. The van der Waals surface area contributed by atoms with E-state index in [2.05, 4.69) is 15.2 Å². The molecule has 1 fully saturated rings. The summed E-state index contributed by atoms with van der Waals surface area (Å²) in [5.74, 6) is 0.627. The Morgan fingerprint density at radius 1 is 1.31 bits per heavy atom. The highest BCUT2D eigenvalue weighted by Crippen LogP contribution is 2.36. The van der Waals surface area contributed by atoms with E-state index in [4.69, 9.17) is 4.52 Å². The van der Waals surface area contributed by atoms with Crippen LogP contribution in [-0.4, -0.2) is 37.3 Å². The Balaban J connectivity index is 1.72. The number of piperidine rings is 1. The van der Waals surface area contributed by atoms with Gasteiger partial charge in [0.2, 0.25) is 0 Å². The summed E-state index contributed by atoms with van der Waals surface area (Å²) in [7, 11) is 1.88. The fourth-order valence-electron chi connectivity index (χ4n) is 3.53. The molecule has 0 bridgehead atoms. The molecule has 26 heavy (non-hydrogen) atoms. The Bertz CT molecular complexity index is 915. The van der Waals surface area contributed by atoms with Gasteiger partial charge < -0.3 is 9.42 Å². The molecule has 0 aromatic carbocycles. The SMILES string of the molecule is Cc1cc(-c2cn(C)nc2C2CCCCN2C(=O)c2ccccn2)on1. The van der Waals surface area contributed by atoms with E-state index in [0.29, 0.717) is 18.0 Å². The number of rotatable bonds is 3. The molecule has 1 unspecified atom stereocenters. The molecule has 0 radical (unpaired) electrons. The second kappa shape index (κ2) is 6.74. The van der Waals surface area contributed by atoms with Crippen molar-refractivity contribution in [1.29, 1.82) is 0 Å². The van der Waals surface area contributed by atoms with Crippen molar-refractivity contribution in [1.82, 2.24) is 24.8 Å². The summed E-state index contributed by atoms with van der Waals surface area (Å²) in [6, 6.07) is 7.21. The van der Waals surface area contributed by atoms with Gasteiger partial charge in [0.25, 0.3) is 5.91 Å². The lowest BCUT2D eigenvalue weighted by atomic mass is 9.96. The second-order valence-electron chi connectivity index (χ2n) is 6.66. The van der Waals surface area contributed by atoms with Crippen molar-refractivity contribution >= 4 is 5.91 Å². The highest BCUT2D eigenvalue weighted by atomic mass is 16.5. The number of nitrogens with zero attached hydrogens (tertiary/aromatic N) is 5. The monoisotopic (exact) mass is 351 g/mol. The maximum atomic E-state index is 13.0. The van der Waals surface area contributed by atoms with Gasteiger partial charge in [0.15, 0.2) is 5.76 Å². The summed E-state index contributed by atoms with van der Waals surface area (Å²) in [6.07, 6.45) is 6.49. The largest absolute Gasteiger partial charge is 0.356 e. The van der Waals surface area contributed by atoms with Crippen molar-refractivity contribution in [2.24, 2.45) is 7.05 Å². The molecule has 134 valence electrons. The number of hydrogen-bond donors (Lipinski definition) is 0. The van der Waals surface area contributed by atoms with Gasteiger partial charge in [-0.1, -0.05) is 11.2 Å². The van der Waals surface area contributed by atoms with Crippen LogP contribution in [0, 0.1) is 6.92 Å². The van der Waals surface area contributed by atoms with E-state index < -0.39 is 0 Å². The van der Waals surface area contributed by atoms with Gasteiger partial charge in [-0.15, -0.1) is 0 Å².